The maximum atomic E-state index is 5.97. The van der Waals surface area contributed by atoms with Gasteiger partial charge in [0.25, 0.3) is 0 Å². The van der Waals surface area contributed by atoms with E-state index >= 15 is 0 Å². The minimum absolute atomic E-state index is 0.541. The third-order valence-corrected chi connectivity index (χ3v) is 3.50. The highest BCUT2D eigenvalue weighted by molar-refractivity contribution is 6.34. The summed E-state index contributed by atoms with van der Waals surface area (Å²) in [5, 5.41) is 4.92. The van der Waals surface area contributed by atoms with Crippen LogP contribution in [0.1, 0.15) is 51.5 Å². The number of nitrogens with one attached hydrogen (secondary N) is 1. The second kappa shape index (κ2) is 8.79. The molecule has 0 aromatic heterocycles. The minimum atomic E-state index is 0.541. The molecular weight excluding hydrogens is 265 g/mol. The van der Waals surface area contributed by atoms with E-state index < -0.39 is 0 Å². The van der Waals surface area contributed by atoms with Crippen molar-refractivity contribution in [3.8, 4) is 0 Å². The van der Waals surface area contributed by atoms with Crippen LogP contribution in [0.5, 0.6) is 0 Å². The third-order valence-electron chi connectivity index (χ3n) is 3.07. The van der Waals surface area contributed by atoms with Crippen LogP contribution in [-0.2, 0) is 6.54 Å². The van der Waals surface area contributed by atoms with Crippen molar-refractivity contribution in [2.45, 2.75) is 58.5 Å². The van der Waals surface area contributed by atoms with Crippen LogP contribution in [0.2, 0.25) is 10.0 Å². The molecule has 0 heterocycles. The van der Waals surface area contributed by atoms with E-state index in [1.807, 2.05) is 12.1 Å². The van der Waals surface area contributed by atoms with Gasteiger partial charge in [0.15, 0.2) is 0 Å². The molecule has 1 rings (SSSR count). The largest absolute Gasteiger partial charge is 0.310 e. The zero-order chi connectivity index (χ0) is 13.4. The number of rotatable bonds is 8. The van der Waals surface area contributed by atoms with E-state index in [-0.39, 0.29) is 0 Å². The van der Waals surface area contributed by atoms with Crippen molar-refractivity contribution in [2.75, 3.05) is 0 Å². The molecule has 0 aliphatic rings. The molecule has 0 aliphatic heterocycles. The lowest BCUT2D eigenvalue weighted by Crippen LogP contribution is -2.25. The van der Waals surface area contributed by atoms with Crippen LogP contribution >= 0.6 is 23.2 Å². The average molecular weight is 288 g/mol. The number of hydrogen-bond donors (Lipinski definition) is 1. The molecule has 1 N–H and O–H groups in total. The first kappa shape index (κ1) is 15.8. The zero-order valence-electron chi connectivity index (χ0n) is 11.3. The maximum Gasteiger partial charge on any atom is 0.0424 e. The molecule has 0 bridgehead atoms. The lowest BCUT2D eigenvalue weighted by atomic mass is 10.1. The Morgan fingerprint density at radius 1 is 1.06 bits per heavy atom. The lowest BCUT2D eigenvalue weighted by Gasteiger charge is -2.14. The van der Waals surface area contributed by atoms with Crippen molar-refractivity contribution < 1.29 is 0 Å². The minimum Gasteiger partial charge on any atom is -0.310 e. The Labute approximate surface area is 121 Å². The smallest absolute Gasteiger partial charge is 0.0424 e. The molecule has 0 spiro atoms. The van der Waals surface area contributed by atoms with E-state index in [0.717, 1.165) is 12.1 Å². The van der Waals surface area contributed by atoms with Crippen molar-refractivity contribution in [3.63, 3.8) is 0 Å². The van der Waals surface area contributed by atoms with E-state index in [1.165, 1.54) is 32.1 Å². The first-order valence-electron chi connectivity index (χ1n) is 6.80. The van der Waals surface area contributed by atoms with Gasteiger partial charge < -0.3 is 5.32 Å². The molecule has 1 atom stereocenters. The van der Waals surface area contributed by atoms with Gasteiger partial charge in [0, 0.05) is 22.6 Å². The van der Waals surface area contributed by atoms with Crippen LogP contribution in [0.25, 0.3) is 0 Å². The van der Waals surface area contributed by atoms with Gasteiger partial charge in [-0.05, 0) is 37.1 Å². The Morgan fingerprint density at radius 2 is 1.72 bits per heavy atom. The van der Waals surface area contributed by atoms with Crippen molar-refractivity contribution in [1.82, 2.24) is 5.32 Å². The zero-order valence-corrected chi connectivity index (χ0v) is 12.8. The summed E-state index contributed by atoms with van der Waals surface area (Å²) < 4.78 is 0. The monoisotopic (exact) mass is 287 g/mol. The molecule has 0 radical (unpaired) electrons. The van der Waals surface area contributed by atoms with Crippen molar-refractivity contribution in [3.05, 3.63) is 33.8 Å². The first-order valence-corrected chi connectivity index (χ1v) is 7.55. The second-order valence-electron chi connectivity index (χ2n) is 4.91. The summed E-state index contributed by atoms with van der Waals surface area (Å²) >= 11 is 11.9. The van der Waals surface area contributed by atoms with Crippen LogP contribution in [0.3, 0.4) is 0 Å². The highest BCUT2D eigenvalue weighted by Gasteiger charge is 2.03. The number of benzene rings is 1. The Balaban J connectivity index is 2.26. The molecule has 0 fully saturated rings. The average Bonchev–Trinajstić information content (AvgIpc) is 2.31. The molecule has 0 amide bonds. The SMILES string of the molecule is CCCCCCC(C)NCc1cc(Cl)cc(Cl)c1. The third kappa shape index (κ3) is 6.63. The Morgan fingerprint density at radius 3 is 2.33 bits per heavy atom. The van der Waals surface area contributed by atoms with Gasteiger partial charge in [0.1, 0.15) is 0 Å². The fourth-order valence-corrected chi connectivity index (χ4v) is 2.56. The van der Waals surface area contributed by atoms with Gasteiger partial charge in [-0.2, -0.15) is 0 Å². The van der Waals surface area contributed by atoms with E-state index in [1.54, 1.807) is 6.07 Å². The molecular formula is C15H23Cl2N. The van der Waals surface area contributed by atoms with E-state index in [2.05, 4.69) is 19.2 Å². The molecule has 0 aliphatic carbocycles. The van der Waals surface area contributed by atoms with Gasteiger partial charge in [-0.15, -0.1) is 0 Å². The Kier molecular flexibility index (Phi) is 7.73. The molecule has 0 saturated heterocycles. The van der Waals surface area contributed by atoms with Gasteiger partial charge in [0.2, 0.25) is 0 Å². The quantitative estimate of drug-likeness (QED) is 0.628. The Hall–Kier alpha value is -0.240. The molecule has 1 aromatic carbocycles. The molecule has 102 valence electrons. The standard InChI is InChI=1S/C15H23Cl2N/c1-3-4-5-6-7-12(2)18-11-13-8-14(16)10-15(17)9-13/h8-10,12,18H,3-7,11H2,1-2H3. The second-order valence-corrected chi connectivity index (χ2v) is 5.78. The highest BCUT2D eigenvalue weighted by atomic mass is 35.5. The number of unbranched alkanes of at least 4 members (excludes halogenated alkanes) is 3. The fourth-order valence-electron chi connectivity index (χ4n) is 1.98. The summed E-state index contributed by atoms with van der Waals surface area (Å²) in [5.74, 6) is 0. The predicted octanol–water partition coefficient (Wildman–Crippen LogP) is 5.44. The van der Waals surface area contributed by atoms with Crippen LogP contribution in [0.15, 0.2) is 18.2 Å². The van der Waals surface area contributed by atoms with E-state index in [0.29, 0.717) is 16.1 Å². The summed E-state index contributed by atoms with van der Waals surface area (Å²) in [5.41, 5.74) is 1.15. The van der Waals surface area contributed by atoms with Crippen LogP contribution in [0.4, 0.5) is 0 Å². The topological polar surface area (TPSA) is 12.0 Å². The Bertz CT molecular complexity index is 332. The normalized spacial score (nSPS) is 12.7. The molecule has 0 saturated carbocycles. The van der Waals surface area contributed by atoms with Crippen molar-refractivity contribution in [1.29, 1.82) is 0 Å². The van der Waals surface area contributed by atoms with Crippen LogP contribution < -0.4 is 5.32 Å². The van der Waals surface area contributed by atoms with Crippen molar-refractivity contribution >= 4 is 23.2 Å². The molecule has 18 heavy (non-hydrogen) atoms. The van der Waals surface area contributed by atoms with Crippen LogP contribution in [0, 0.1) is 0 Å². The van der Waals surface area contributed by atoms with Crippen LogP contribution in [-0.4, -0.2) is 6.04 Å². The summed E-state index contributed by atoms with van der Waals surface area (Å²) in [6.07, 6.45) is 6.51. The molecule has 1 nitrogen and oxygen atoms in total. The van der Waals surface area contributed by atoms with Crippen molar-refractivity contribution in [2.24, 2.45) is 0 Å². The highest BCUT2D eigenvalue weighted by Crippen LogP contribution is 2.19. The molecule has 1 unspecified atom stereocenters. The van der Waals surface area contributed by atoms with Gasteiger partial charge in [-0.3, -0.25) is 0 Å². The number of halogens is 2. The van der Waals surface area contributed by atoms with Gasteiger partial charge >= 0.3 is 0 Å². The van der Waals surface area contributed by atoms with E-state index in [9.17, 15) is 0 Å². The number of hydrogen-bond acceptors (Lipinski definition) is 1. The summed E-state index contributed by atoms with van der Waals surface area (Å²) in [6, 6.07) is 6.23. The maximum absolute atomic E-state index is 5.97. The molecule has 1 aromatic rings. The lowest BCUT2D eigenvalue weighted by molar-refractivity contribution is 0.483. The fraction of sp³-hybridized carbons (Fsp3) is 0.600. The van der Waals surface area contributed by atoms with E-state index in [4.69, 9.17) is 23.2 Å². The summed E-state index contributed by atoms with van der Waals surface area (Å²) in [7, 11) is 0. The molecule has 3 heteroatoms. The van der Waals surface area contributed by atoms with Gasteiger partial charge in [-0.1, -0.05) is 55.8 Å². The van der Waals surface area contributed by atoms with Gasteiger partial charge in [-0.25, -0.2) is 0 Å². The van der Waals surface area contributed by atoms with Gasteiger partial charge in [0.05, 0.1) is 0 Å². The summed E-state index contributed by atoms with van der Waals surface area (Å²) in [6.45, 7) is 5.30. The first-order chi connectivity index (χ1) is 8.61. The predicted molar refractivity (Wildman–Crippen MR) is 81.5 cm³/mol. The summed E-state index contributed by atoms with van der Waals surface area (Å²) in [4.78, 5) is 0.